The van der Waals surface area contributed by atoms with Crippen molar-refractivity contribution in [1.29, 1.82) is 0 Å². The van der Waals surface area contributed by atoms with Crippen LogP contribution in [0, 0.1) is 5.82 Å². The first-order valence-corrected chi connectivity index (χ1v) is 7.97. The van der Waals surface area contributed by atoms with Crippen LogP contribution >= 0.6 is 11.6 Å². The molecule has 1 aliphatic heterocycles. The predicted molar refractivity (Wildman–Crippen MR) is 70.8 cm³/mol. The molecule has 1 aromatic rings. The fourth-order valence-corrected chi connectivity index (χ4v) is 4.30. The van der Waals surface area contributed by atoms with Crippen molar-refractivity contribution < 1.29 is 17.9 Å². The summed E-state index contributed by atoms with van der Waals surface area (Å²) in [6.07, 6.45) is 1.34. The summed E-state index contributed by atoms with van der Waals surface area (Å²) in [5.41, 5.74) is 0.0519. The lowest BCUT2D eigenvalue weighted by Crippen LogP contribution is -2.38. The van der Waals surface area contributed by atoms with Crippen LogP contribution in [0.5, 0.6) is 0 Å². The highest BCUT2D eigenvalue weighted by molar-refractivity contribution is 7.88. The lowest BCUT2D eigenvalue weighted by molar-refractivity contribution is 0.213. The first-order chi connectivity index (χ1) is 8.94. The van der Waals surface area contributed by atoms with Crippen molar-refractivity contribution in [3.63, 3.8) is 0 Å². The summed E-state index contributed by atoms with van der Waals surface area (Å²) in [4.78, 5) is 0. The molecule has 1 aromatic carbocycles. The van der Waals surface area contributed by atoms with Gasteiger partial charge in [0, 0.05) is 23.2 Å². The third-order valence-corrected chi connectivity index (χ3v) is 5.34. The minimum Gasteiger partial charge on any atom is -0.395 e. The van der Waals surface area contributed by atoms with Gasteiger partial charge in [0.1, 0.15) is 5.82 Å². The Hall–Kier alpha value is -0.690. The molecular formula is C12H15ClFNO3S. The molecule has 0 spiro atoms. The van der Waals surface area contributed by atoms with Gasteiger partial charge in [-0.15, -0.1) is 0 Å². The maximum absolute atomic E-state index is 13.6. The molecule has 0 amide bonds. The minimum atomic E-state index is -3.64. The monoisotopic (exact) mass is 307 g/mol. The molecule has 0 radical (unpaired) electrons. The fraction of sp³-hybridized carbons (Fsp3) is 0.500. The van der Waals surface area contributed by atoms with Crippen molar-refractivity contribution in [1.82, 2.24) is 4.31 Å². The van der Waals surface area contributed by atoms with Crippen molar-refractivity contribution >= 4 is 21.6 Å². The standard InChI is InChI=1S/C12H15ClFNO3S/c13-10-3-4-12(14)9(6-10)8-19(17,18)15-5-1-2-11(15)7-16/h3-4,6,11,16H,1-2,5,7-8H2/t11-/m0/s1. The first-order valence-electron chi connectivity index (χ1n) is 5.98. The number of hydrogen-bond donors (Lipinski definition) is 1. The van der Waals surface area contributed by atoms with E-state index in [0.29, 0.717) is 24.4 Å². The van der Waals surface area contributed by atoms with Crippen molar-refractivity contribution in [2.45, 2.75) is 24.6 Å². The quantitative estimate of drug-likeness (QED) is 0.922. The van der Waals surface area contributed by atoms with Gasteiger partial charge in [-0.3, -0.25) is 0 Å². The van der Waals surface area contributed by atoms with Crippen LogP contribution in [0.3, 0.4) is 0 Å². The van der Waals surface area contributed by atoms with E-state index in [9.17, 15) is 12.8 Å². The van der Waals surface area contributed by atoms with E-state index in [0.717, 1.165) is 6.07 Å². The van der Waals surface area contributed by atoms with Crippen molar-refractivity contribution in [2.75, 3.05) is 13.2 Å². The van der Waals surface area contributed by atoms with E-state index in [1.807, 2.05) is 0 Å². The molecule has 4 nitrogen and oxygen atoms in total. The maximum atomic E-state index is 13.6. The molecule has 1 fully saturated rings. The molecule has 1 N–H and O–H groups in total. The molecule has 0 aromatic heterocycles. The number of benzene rings is 1. The Morgan fingerprint density at radius 2 is 2.21 bits per heavy atom. The average Bonchev–Trinajstić information content (AvgIpc) is 2.82. The van der Waals surface area contributed by atoms with Gasteiger partial charge in [0.15, 0.2) is 0 Å². The van der Waals surface area contributed by atoms with E-state index in [2.05, 4.69) is 0 Å². The second-order valence-electron chi connectivity index (χ2n) is 4.58. The normalized spacial score (nSPS) is 20.9. The number of hydrogen-bond acceptors (Lipinski definition) is 3. The SMILES string of the molecule is O=S(=O)(Cc1cc(Cl)ccc1F)N1CCC[C@H]1CO. The summed E-state index contributed by atoms with van der Waals surface area (Å²) in [7, 11) is -3.64. The molecule has 0 saturated carbocycles. The lowest BCUT2D eigenvalue weighted by atomic mass is 10.2. The molecule has 7 heteroatoms. The Kier molecular flexibility index (Phi) is 4.45. The summed E-state index contributed by atoms with van der Waals surface area (Å²) < 4.78 is 39.3. The fourth-order valence-electron chi connectivity index (χ4n) is 2.29. The zero-order valence-corrected chi connectivity index (χ0v) is 11.8. The smallest absolute Gasteiger partial charge is 0.218 e. The van der Waals surface area contributed by atoms with Crippen LogP contribution in [0.15, 0.2) is 18.2 Å². The summed E-state index contributed by atoms with van der Waals surface area (Å²) in [6, 6.07) is 3.45. The Morgan fingerprint density at radius 1 is 1.47 bits per heavy atom. The second-order valence-corrected chi connectivity index (χ2v) is 6.94. The Labute approximate surface area is 116 Å². The number of sulfonamides is 1. The van der Waals surface area contributed by atoms with Gasteiger partial charge in [-0.2, -0.15) is 4.31 Å². The Morgan fingerprint density at radius 3 is 2.89 bits per heavy atom. The predicted octanol–water partition coefficient (Wildman–Crippen LogP) is 1.77. The van der Waals surface area contributed by atoms with Gasteiger partial charge in [-0.25, -0.2) is 12.8 Å². The van der Waals surface area contributed by atoms with Gasteiger partial charge in [0.2, 0.25) is 10.0 Å². The number of aliphatic hydroxyl groups excluding tert-OH is 1. The molecule has 0 aliphatic carbocycles. The number of rotatable bonds is 4. The van der Waals surface area contributed by atoms with Gasteiger partial charge >= 0.3 is 0 Å². The summed E-state index contributed by atoms with van der Waals surface area (Å²) >= 11 is 5.75. The van der Waals surface area contributed by atoms with Crippen LogP contribution < -0.4 is 0 Å². The van der Waals surface area contributed by atoms with E-state index in [-0.39, 0.29) is 12.2 Å². The Balaban J connectivity index is 2.24. The molecule has 2 rings (SSSR count). The largest absolute Gasteiger partial charge is 0.395 e. The minimum absolute atomic E-state index is 0.0519. The number of aliphatic hydroxyl groups is 1. The van der Waals surface area contributed by atoms with Crippen molar-refractivity contribution in [3.8, 4) is 0 Å². The molecule has 1 saturated heterocycles. The average molecular weight is 308 g/mol. The number of nitrogens with zero attached hydrogens (tertiary/aromatic N) is 1. The highest BCUT2D eigenvalue weighted by Crippen LogP contribution is 2.25. The van der Waals surface area contributed by atoms with Gasteiger partial charge < -0.3 is 5.11 Å². The van der Waals surface area contributed by atoms with Gasteiger partial charge in [0.25, 0.3) is 0 Å². The van der Waals surface area contributed by atoms with Crippen LogP contribution in [0.4, 0.5) is 4.39 Å². The summed E-state index contributed by atoms with van der Waals surface area (Å²) in [6.45, 7) is 0.160. The molecule has 1 aliphatic rings. The second kappa shape index (κ2) is 5.75. The zero-order chi connectivity index (χ0) is 14.0. The molecule has 106 valence electrons. The van der Waals surface area contributed by atoms with Crippen LogP contribution in [0.2, 0.25) is 5.02 Å². The van der Waals surface area contributed by atoms with E-state index in [1.165, 1.54) is 16.4 Å². The zero-order valence-electron chi connectivity index (χ0n) is 10.2. The molecule has 1 atom stereocenters. The van der Waals surface area contributed by atoms with Crippen LogP contribution in [0.25, 0.3) is 0 Å². The van der Waals surface area contributed by atoms with E-state index in [4.69, 9.17) is 16.7 Å². The third-order valence-electron chi connectivity index (χ3n) is 3.24. The summed E-state index contributed by atoms with van der Waals surface area (Å²) in [5, 5.41) is 9.46. The van der Waals surface area contributed by atoms with Crippen molar-refractivity contribution in [3.05, 3.63) is 34.6 Å². The van der Waals surface area contributed by atoms with Crippen LogP contribution in [-0.2, 0) is 15.8 Å². The van der Waals surface area contributed by atoms with Gasteiger partial charge in [-0.1, -0.05) is 11.6 Å². The lowest BCUT2D eigenvalue weighted by Gasteiger charge is -2.22. The first kappa shape index (κ1) is 14.7. The number of halogens is 2. The van der Waals surface area contributed by atoms with Crippen molar-refractivity contribution in [2.24, 2.45) is 0 Å². The van der Waals surface area contributed by atoms with E-state index in [1.54, 1.807) is 0 Å². The van der Waals surface area contributed by atoms with E-state index >= 15 is 0 Å². The third kappa shape index (κ3) is 3.25. The summed E-state index contributed by atoms with van der Waals surface area (Å²) in [5.74, 6) is -1.02. The van der Waals surface area contributed by atoms with Crippen LogP contribution in [0.1, 0.15) is 18.4 Å². The highest BCUT2D eigenvalue weighted by Gasteiger charge is 2.34. The Bertz CT molecular complexity index is 564. The molecule has 19 heavy (non-hydrogen) atoms. The van der Waals surface area contributed by atoms with E-state index < -0.39 is 27.6 Å². The van der Waals surface area contributed by atoms with Crippen LogP contribution in [-0.4, -0.2) is 37.0 Å². The highest BCUT2D eigenvalue weighted by atomic mass is 35.5. The van der Waals surface area contributed by atoms with Gasteiger partial charge in [-0.05, 0) is 31.0 Å². The molecule has 0 unspecified atom stereocenters. The van der Waals surface area contributed by atoms with Gasteiger partial charge in [0.05, 0.1) is 12.4 Å². The molecular weight excluding hydrogens is 293 g/mol. The maximum Gasteiger partial charge on any atom is 0.218 e. The molecule has 1 heterocycles. The molecule has 0 bridgehead atoms. The topological polar surface area (TPSA) is 57.6 Å².